The molecule has 0 atom stereocenters. The van der Waals surface area contributed by atoms with E-state index in [0.717, 1.165) is 16.6 Å². The minimum Gasteiger partial charge on any atom is -0.421 e. The minimum atomic E-state index is 0.450. The first-order valence-corrected chi connectivity index (χ1v) is 7.24. The summed E-state index contributed by atoms with van der Waals surface area (Å²) in [6.07, 6.45) is 0.715. The van der Waals surface area contributed by atoms with Gasteiger partial charge < -0.3 is 9.73 Å². The Kier molecular flexibility index (Phi) is 4.96. The third-order valence-corrected chi connectivity index (χ3v) is 3.14. The summed E-state index contributed by atoms with van der Waals surface area (Å²) in [6, 6.07) is 5.96. The highest BCUT2D eigenvalue weighted by Gasteiger charge is 2.10. The molecule has 1 heterocycles. The molecule has 0 saturated heterocycles. The van der Waals surface area contributed by atoms with E-state index in [1.165, 1.54) is 0 Å². The van der Waals surface area contributed by atoms with Gasteiger partial charge in [-0.3, -0.25) is 0 Å². The summed E-state index contributed by atoms with van der Waals surface area (Å²) in [7, 11) is 0. The van der Waals surface area contributed by atoms with E-state index in [1.54, 1.807) is 6.07 Å². The standard InChI is InChI=1S/C13H15BrClN3O/c1-8(2)16-4-3-12-17-18-13(19-12)9-5-10(14)7-11(15)6-9/h5-8,16H,3-4H2,1-2H3. The van der Waals surface area contributed by atoms with Crippen molar-refractivity contribution < 1.29 is 4.42 Å². The lowest BCUT2D eigenvalue weighted by Crippen LogP contribution is -2.25. The van der Waals surface area contributed by atoms with Crippen LogP contribution in [0.4, 0.5) is 0 Å². The molecule has 1 N–H and O–H groups in total. The van der Waals surface area contributed by atoms with Gasteiger partial charge in [0, 0.05) is 34.1 Å². The van der Waals surface area contributed by atoms with Crippen molar-refractivity contribution in [2.24, 2.45) is 0 Å². The van der Waals surface area contributed by atoms with Crippen molar-refractivity contribution in [1.29, 1.82) is 0 Å². The SMILES string of the molecule is CC(C)NCCc1nnc(-c2cc(Cl)cc(Br)c2)o1. The molecule has 4 nitrogen and oxygen atoms in total. The third-order valence-electron chi connectivity index (χ3n) is 2.47. The Balaban J connectivity index is 2.07. The number of rotatable bonds is 5. The number of aromatic nitrogens is 2. The summed E-state index contributed by atoms with van der Waals surface area (Å²) >= 11 is 9.39. The maximum Gasteiger partial charge on any atom is 0.247 e. The molecular formula is C13H15BrClN3O. The summed E-state index contributed by atoms with van der Waals surface area (Å²) in [4.78, 5) is 0. The van der Waals surface area contributed by atoms with Crippen molar-refractivity contribution in [2.75, 3.05) is 6.54 Å². The predicted molar refractivity (Wildman–Crippen MR) is 79.3 cm³/mol. The van der Waals surface area contributed by atoms with Gasteiger partial charge in [0.15, 0.2) is 0 Å². The Bertz CT molecular complexity index is 536. The van der Waals surface area contributed by atoms with Crippen LogP contribution in [0.2, 0.25) is 5.02 Å². The second kappa shape index (κ2) is 6.50. The maximum absolute atomic E-state index is 6.00. The molecule has 0 fully saturated rings. The average molecular weight is 345 g/mol. The van der Waals surface area contributed by atoms with Crippen LogP contribution in [0.1, 0.15) is 19.7 Å². The van der Waals surface area contributed by atoms with Crippen LogP contribution < -0.4 is 5.32 Å². The normalized spacial score (nSPS) is 11.2. The number of benzene rings is 1. The van der Waals surface area contributed by atoms with Gasteiger partial charge in [0.05, 0.1) is 0 Å². The Hall–Kier alpha value is -0.910. The quantitative estimate of drug-likeness (QED) is 0.898. The third kappa shape index (κ3) is 4.30. The highest BCUT2D eigenvalue weighted by molar-refractivity contribution is 9.10. The number of hydrogen-bond donors (Lipinski definition) is 1. The van der Waals surface area contributed by atoms with E-state index in [-0.39, 0.29) is 0 Å². The largest absolute Gasteiger partial charge is 0.421 e. The maximum atomic E-state index is 6.00. The Morgan fingerprint density at radius 1 is 1.32 bits per heavy atom. The van der Waals surface area contributed by atoms with Gasteiger partial charge in [-0.05, 0) is 18.2 Å². The molecule has 0 bridgehead atoms. The fraction of sp³-hybridized carbons (Fsp3) is 0.385. The summed E-state index contributed by atoms with van der Waals surface area (Å²) < 4.78 is 6.51. The van der Waals surface area contributed by atoms with Gasteiger partial charge in [0.2, 0.25) is 11.8 Å². The first-order chi connectivity index (χ1) is 9.04. The molecule has 1 aromatic heterocycles. The van der Waals surface area contributed by atoms with E-state index >= 15 is 0 Å². The van der Waals surface area contributed by atoms with E-state index in [0.29, 0.717) is 29.3 Å². The molecule has 0 amide bonds. The molecule has 1 aromatic carbocycles. The molecule has 102 valence electrons. The fourth-order valence-corrected chi connectivity index (χ4v) is 2.48. The van der Waals surface area contributed by atoms with Crippen molar-refractivity contribution in [1.82, 2.24) is 15.5 Å². The molecule has 2 aromatic rings. The van der Waals surface area contributed by atoms with E-state index in [9.17, 15) is 0 Å². The molecule has 0 unspecified atom stereocenters. The van der Waals surface area contributed by atoms with Crippen LogP contribution in [0.5, 0.6) is 0 Å². The zero-order valence-electron chi connectivity index (χ0n) is 10.8. The lowest BCUT2D eigenvalue weighted by Gasteiger charge is -2.04. The van der Waals surface area contributed by atoms with Gasteiger partial charge in [0.1, 0.15) is 0 Å². The summed E-state index contributed by atoms with van der Waals surface area (Å²) in [5.41, 5.74) is 0.815. The number of nitrogens with one attached hydrogen (secondary N) is 1. The van der Waals surface area contributed by atoms with Crippen molar-refractivity contribution >= 4 is 27.5 Å². The molecular weight excluding hydrogens is 330 g/mol. The Labute approximate surface area is 125 Å². The predicted octanol–water partition coefficient (Wildman–Crippen LogP) is 3.69. The Morgan fingerprint density at radius 2 is 2.11 bits per heavy atom. The van der Waals surface area contributed by atoms with Gasteiger partial charge in [-0.2, -0.15) is 0 Å². The minimum absolute atomic E-state index is 0.450. The first kappa shape index (κ1) is 14.5. The van der Waals surface area contributed by atoms with E-state index in [4.69, 9.17) is 16.0 Å². The molecule has 0 saturated carbocycles. The summed E-state index contributed by atoms with van der Waals surface area (Å²) in [5, 5.41) is 12.0. The van der Waals surface area contributed by atoms with Gasteiger partial charge in [-0.25, -0.2) is 0 Å². The molecule has 6 heteroatoms. The van der Waals surface area contributed by atoms with Crippen molar-refractivity contribution in [3.63, 3.8) is 0 Å². The molecule has 0 aliphatic rings. The molecule has 0 radical (unpaired) electrons. The van der Waals surface area contributed by atoms with Crippen LogP contribution in [0.3, 0.4) is 0 Å². The Morgan fingerprint density at radius 3 is 2.79 bits per heavy atom. The van der Waals surface area contributed by atoms with Crippen LogP contribution in [-0.2, 0) is 6.42 Å². The topological polar surface area (TPSA) is 51.0 Å². The summed E-state index contributed by atoms with van der Waals surface area (Å²) in [5.74, 6) is 1.11. The zero-order chi connectivity index (χ0) is 13.8. The molecule has 19 heavy (non-hydrogen) atoms. The van der Waals surface area contributed by atoms with Gasteiger partial charge >= 0.3 is 0 Å². The lowest BCUT2D eigenvalue weighted by molar-refractivity contribution is 0.484. The van der Waals surface area contributed by atoms with Crippen molar-refractivity contribution in [3.05, 3.63) is 33.6 Å². The van der Waals surface area contributed by atoms with Crippen molar-refractivity contribution in [2.45, 2.75) is 26.3 Å². The van der Waals surface area contributed by atoms with Gasteiger partial charge in [-0.1, -0.05) is 41.4 Å². The number of nitrogens with zero attached hydrogens (tertiary/aromatic N) is 2. The zero-order valence-corrected chi connectivity index (χ0v) is 13.1. The van der Waals surface area contributed by atoms with Gasteiger partial charge in [-0.15, -0.1) is 10.2 Å². The highest BCUT2D eigenvalue weighted by atomic mass is 79.9. The molecule has 0 spiro atoms. The van der Waals surface area contributed by atoms with Crippen LogP contribution in [0.25, 0.3) is 11.5 Å². The van der Waals surface area contributed by atoms with E-state index in [2.05, 4.69) is 45.3 Å². The number of halogens is 2. The van der Waals surface area contributed by atoms with Crippen LogP contribution in [0.15, 0.2) is 27.1 Å². The van der Waals surface area contributed by atoms with Crippen LogP contribution >= 0.6 is 27.5 Å². The monoisotopic (exact) mass is 343 g/mol. The van der Waals surface area contributed by atoms with Crippen molar-refractivity contribution in [3.8, 4) is 11.5 Å². The second-order valence-electron chi connectivity index (χ2n) is 4.52. The van der Waals surface area contributed by atoms with Gasteiger partial charge in [0.25, 0.3) is 0 Å². The van der Waals surface area contributed by atoms with E-state index in [1.807, 2.05) is 12.1 Å². The molecule has 0 aliphatic heterocycles. The molecule has 2 rings (SSSR count). The lowest BCUT2D eigenvalue weighted by atomic mass is 10.2. The van der Waals surface area contributed by atoms with Crippen LogP contribution in [0, 0.1) is 0 Å². The second-order valence-corrected chi connectivity index (χ2v) is 5.87. The first-order valence-electron chi connectivity index (χ1n) is 6.07. The highest BCUT2D eigenvalue weighted by Crippen LogP contribution is 2.26. The molecule has 0 aliphatic carbocycles. The number of hydrogen-bond acceptors (Lipinski definition) is 4. The smallest absolute Gasteiger partial charge is 0.247 e. The van der Waals surface area contributed by atoms with E-state index < -0.39 is 0 Å². The summed E-state index contributed by atoms with van der Waals surface area (Å²) in [6.45, 7) is 5.02. The average Bonchev–Trinajstić information content (AvgIpc) is 2.76. The fourth-order valence-electron chi connectivity index (χ4n) is 1.62. The van der Waals surface area contributed by atoms with Crippen LogP contribution in [-0.4, -0.2) is 22.8 Å².